The van der Waals surface area contributed by atoms with E-state index in [1.807, 2.05) is 0 Å². The van der Waals surface area contributed by atoms with Crippen LogP contribution >= 0.6 is 0 Å². The number of rotatable bonds is 2. The van der Waals surface area contributed by atoms with Crippen molar-refractivity contribution in [3.63, 3.8) is 0 Å². The number of nitrogens with zero attached hydrogens (tertiary/aromatic N) is 2. The summed E-state index contributed by atoms with van der Waals surface area (Å²) in [6.45, 7) is 0. The van der Waals surface area contributed by atoms with Crippen molar-refractivity contribution < 1.29 is 14.6 Å². The van der Waals surface area contributed by atoms with Gasteiger partial charge in [0, 0.05) is 17.8 Å². The van der Waals surface area contributed by atoms with Gasteiger partial charge in [0.2, 0.25) is 0 Å². The van der Waals surface area contributed by atoms with Gasteiger partial charge in [-0.15, -0.1) is 0 Å². The van der Waals surface area contributed by atoms with E-state index in [2.05, 4.69) is 11.5 Å². The number of anilines is 1. The average molecular weight is 243 g/mol. The van der Waals surface area contributed by atoms with Crippen LogP contribution in [-0.2, 0) is 0 Å². The number of carbonyl (C=O) groups is 1. The summed E-state index contributed by atoms with van der Waals surface area (Å²) in [6, 6.07) is 2.15. The maximum atomic E-state index is 10.3. The fourth-order valence-electron chi connectivity index (χ4n) is 0.829. The first kappa shape index (κ1) is 14.1. The van der Waals surface area contributed by atoms with Crippen LogP contribution in [0.1, 0.15) is 0 Å². The standard InChI is InChI=1S/C6H5N3O4.CH4N2O/c7-4-1-5(8(10)11)3-6(2-4)9(12)13;2-1(3)4/h1-3H,7H2;(H4,2,3,4). The van der Waals surface area contributed by atoms with Crippen molar-refractivity contribution in [3.8, 4) is 0 Å². The molecule has 0 saturated carbocycles. The summed E-state index contributed by atoms with van der Waals surface area (Å²) >= 11 is 0. The molecule has 0 bridgehead atoms. The number of hydrogen-bond donors (Lipinski definition) is 3. The third kappa shape index (κ3) is 5.51. The van der Waals surface area contributed by atoms with Crippen LogP contribution in [0.4, 0.5) is 21.9 Å². The van der Waals surface area contributed by atoms with Crippen LogP contribution < -0.4 is 17.2 Å². The van der Waals surface area contributed by atoms with Gasteiger partial charge in [-0.25, -0.2) is 4.79 Å². The minimum atomic E-state index is -0.833. The molecule has 10 heteroatoms. The molecule has 17 heavy (non-hydrogen) atoms. The molecule has 1 aromatic rings. The van der Waals surface area contributed by atoms with E-state index >= 15 is 0 Å². The van der Waals surface area contributed by atoms with Gasteiger partial charge < -0.3 is 17.2 Å². The Labute approximate surface area is 94.3 Å². The van der Waals surface area contributed by atoms with Gasteiger partial charge in [-0.1, -0.05) is 0 Å². The summed E-state index contributed by atoms with van der Waals surface area (Å²) in [7, 11) is 0. The summed E-state index contributed by atoms with van der Waals surface area (Å²) in [6.07, 6.45) is 0. The van der Waals surface area contributed by atoms with Crippen molar-refractivity contribution in [1.29, 1.82) is 0 Å². The number of hydrogen-bond acceptors (Lipinski definition) is 6. The lowest BCUT2D eigenvalue weighted by molar-refractivity contribution is -0.394. The second kappa shape index (κ2) is 5.85. The van der Waals surface area contributed by atoms with Gasteiger partial charge in [0.15, 0.2) is 0 Å². The molecule has 0 fully saturated rings. The average Bonchev–Trinajstić information content (AvgIpc) is 2.15. The van der Waals surface area contributed by atoms with E-state index < -0.39 is 15.9 Å². The summed E-state index contributed by atoms with van der Waals surface area (Å²) in [4.78, 5) is 28.0. The highest BCUT2D eigenvalue weighted by Gasteiger charge is 2.14. The number of nitrogens with two attached hydrogens (primary N) is 3. The topological polar surface area (TPSA) is 181 Å². The highest BCUT2D eigenvalue weighted by atomic mass is 16.6. The van der Waals surface area contributed by atoms with Crippen molar-refractivity contribution >= 4 is 23.1 Å². The van der Waals surface area contributed by atoms with Crippen LogP contribution in [0.5, 0.6) is 0 Å². The number of urea groups is 1. The molecule has 92 valence electrons. The zero-order chi connectivity index (χ0) is 13.6. The summed E-state index contributed by atoms with van der Waals surface area (Å²) in [5, 5.41) is 20.5. The van der Waals surface area contributed by atoms with Crippen LogP contribution in [0.25, 0.3) is 0 Å². The first-order chi connectivity index (χ1) is 7.73. The highest BCUT2D eigenvalue weighted by Crippen LogP contribution is 2.23. The van der Waals surface area contributed by atoms with Gasteiger partial charge in [-0.05, 0) is 0 Å². The minimum Gasteiger partial charge on any atom is -0.398 e. The Kier molecular flexibility index (Phi) is 4.85. The third-order valence-corrected chi connectivity index (χ3v) is 1.35. The van der Waals surface area contributed by atoms with E-state index in [-0.39, 0.29) is 17.1 Å². The Morgan fingerprint density at radius 1 is 1.00 bits per heavy atom. The quantitative estimate of drug-likeness (QED) is 0.376. The number of benzene rings is 1. The Balaban J connectivity index is 0.000000557. The minimum absolute atomic E-state index is 0.000833. The number of nitrogen functional groups attached to an aromatic ring is 1. The fourth-order valence-corrected chi connectivity index (χ4v) is 0.829. The molecule has 10 nitrogen and oxygen atoms in total. The molecule has 0 aliphatic rings. The number of amides is 2. The Hall–Kier alpha value is -2.91. The molecule has 2 amide bonds. The fraction of sp³-hybridized carbons (Fsp3) is 0. The predicted molar refractivity (Wildman–Crippen MR) is 57.9 cm³/mol. The molecule has 0 atom stereocenters. The molecule has 1 rings (SSSR count). The smallest absolute Gasteiger partial charge is 0.309 e. The molecule has 0 radical (unpaired) electrons. The molecular formula is C7H9N5O5. The van der Waals surface area contributed by atoms with E-state index in [9.17, 15) is 20.2 Å². The van der Waals surface area contributed by atoms with Gasteiger partial charge in [0.25, 0.3) is 11.4 Å². The van der Waals surface area contributed by atoms with Gasteiger partial charge in [0.1, 0.15) is 0 Å². The molecule has 0 aliphatic heterocycles. The maximum absolute atomic E-state index is 10.3. The van der Waals surface area contributed by atoms with Crippen LogP contribution in [0.2, 0.25) is 0 Å². The van der Waals surface area contributed by atoms with Crippen molar-refractivity contribution in [1.82, 2.24) is 0 Å². The number of non-ortho nitro benzene ring substituents is 2. The van der Waals surface area contributed by atoms with E-state index in [1.165, 1.54) is 0 Å². The SMILES string of the molecule is NC(N)=O.Nc1cc([N+](=O)[O-])cc([N+](=O)[O-])c1. The Morgan fingerprint density at radius 3 is 1.53 bits per heavy atom. The molecule has 1 aromatic carbocycles. The van der Waals surface area contributed by atoms with Crippen LogP contribution in [0.15, 0.2) is 18.2 Å². The summed E-state index contributed by atoms with van der Waals surface area (Å²) in [5.74, 6) is 0. The van der Waals surface area contributed by atoms with E-state index in [4.69, 9.17) is 10.5 Å². The van der Waals surface area contributed by atoms with Crippen molar-refractivity contribution in [2.45, 2.75) is 0 Å². The first-order valence-corrected chi connectivity index (χ1v) is 3.98. The second-order valence-corrected chi connectivity index (χ2v) is 2.70. The largest absolute Gasteiger partial charge is 0.398 e. The number of primary amides is 2. The molecule has 0 unspecified atom stereocenters. The Bertz CT molecular complexity index is 424. The van der Waals surface area contributed by atoms with Crippen molar-refractivity contribution in [2.24, 2.45) is 11.5 Å². The highest BCUT2D eigenvalue weighted by molar-refractivity contribution is 5.69. The van der Waals surface area contributed by atoms with Gasteiger partial charge in [0.05, 0.1) is 15.9 Å². The summed E-state index contributed by atoms with van der Waals surface area (Å²) in [5.41, 5.74) is 13.0. The number of nitro groups is 2. The number of carbonyl (C=O) groups excluding carboxylic acids is 1. The predicted octanol–water partition coefficient (Wildman–Crippen LogP) is 0.109. The van der Waals surface area contributed by atoms with E-state index in [0.717, 1.165) is 18.2 Å². The lowest BCUT2D eigenvalue weighted by atomic mass is 10.2. The van der Waals surface area contributed by atoms with Crippen LogP contribution in [-0.4, -0.2) is 15.9 Å². The lowest BCUT2D eigenvalue weighted by Crippen LogP contribution is -2.18. The molecule has 0 heterocycles. The zero-order valence-electron chi connectivity index (χ0n) is 8.40. The van der Waals surface area contributed by atoms with Crippen molar-refractivity contribution in [2.75, 3.05) is 5.73 Å². The van der Waals surface area contributed by atoms with Crippen LogP contribution in [0, 0.1) is 20.2 Å². The normalized spacial score (nSPS) is 8.71. The molecule has 0 aliphatic carbocycles. The molecule has 6 N–H and O–H groups in total. The Morgan fingerprint density at radius 2 is 1.29 bits per heavy atom. The van der Waals surface area contributed by atoms with Crippen molar-refractivity contribution in [3.05, 3.63) is 38.4 Å². The number of nitro benzene ring substituents is 2. The molecular weight excluding hydrogens is 234 g/mol. The van der Waals surface area contributed by atoms with Gasteiger partial charge in [-0.2, -0.15) is 0 Å². The monoisotopic (exact) mass is 243 g/mol. The van der Waals surface area contributed by atoms with Crippen LogP contribution in [0.3, 0.4) is 0 Å². The summed E-state index contributed by atoms with van der Waals surface area (Å²) < 4.78 is 0. The van der Waals surface area contributed by atoms with Gasteiger partial charge >= 0.3 is 6.03 Å². The second-order valence-electron chi connectivity index (χ2n) is 2.70. The first-order valence-electron chi connectivity index (χ1n) is 3.98. The zero-order valence-corrected chi connectivity index (χ0v) is 8.40. The van der Waals surface area contributed by atoms with Gasteiger partial charge in [-0.3, -0.25) is 20.2 Å². The maximum Gasteiger partial charge on any atom is 0.309 e. The third-order valence-electron chi connectivity index (χ3n) is 1.35. The van der Waals surface area contributed by atoms with E-state index in [0.29, 0.717) is 0 Å². The lowest BCUT2D eigenvalue weighted by Gasteiger charge is -1.94. The molecule has 0 spiro atoms. The molecule has 0 aromatic heterocycles. The molecule has 0 saturated heterocycles. The van der Waals surface area contributed by atoms with E-state index in [1.54, 1.807) is 0 Å².